The Bertz CT molecular complexity index is 818. The minimum absolute atomic E-state index is 0.175. The Balaban J connectivity index is 1.69. The molecule has 3 aromatic rings. The number of nitrogens with one attached hydrogen (secondary N) is 3. The van der Waals surface area contributed by atoms with Crippen LogP contribution in [-0.2, 0) is 6.54 Å². The van der Waals surface area contributed by atoms with E-state index < -0.39 is 0 Å². The third-order valence-corrected chi connectivity index (χ3v) is 3.81. The predicted molar refractivity (Wildman–Crippen MR) is 87.2 cm³/mol. The van der Waals surface area contributed by atoms with E-state index in [0.29, 0.717) is 0 Å². The van der Waals surface area contributed by atoms with Crippen molar-refractivity contribution in [3.8, 4) is 5.75 Å². The molecule has 1 heterocycles. The van der Waals surface area contributed by atoms with Crippen molar-refractivity contribution in [2.45, 2.75) is 19.5 Å². The number of rotatable bonds is 5. The fourth-order valence-corrected chi connectivity index (χ4v) is 2.45. The van der Waals surface area contributed by atoms with Crippen molar-refractivity contribution in [1.82, 2.24) is 15.3 Å². The Kier molecular flexibility index (Phi) is 3.98. The van der Waals surface area contributed by atoms with Crippen LogP contribution in [0.4, 0.5) is 0 Å². The van der Waals surface area contributed by atoms with Gasteiger partial charge in [0.05, 0.1) is 18.1 Å². The van der Waals surface area contributed by atoms with Crippen molar-refractivity contribution in [3.63, 3.8) is 0 Å². The van der Waals surface area contributed by atoms with Crippen LogP contribution in [0.15, 0.2) is 47.3 Å². The van der Waals surface area contributed by atoms with Crippen LogP contribution in [0.5, 0.6) is 5.75 Å². The maximum absolute atomic E-state index is 11.3. The summed E-state index contributed by atoms with van der Waals surface area (Å²) < 4.78 is 5.15. The average molecular weight is 297 g/mol. The molecule has 5 heteroatoms. The highest BCUT2D eigenvalue weighted by Crippen LogP contribution is 2.18. The Hall–Kier alpha value is -2.53. The van der Waals surface area contributed by atoms with Gasteiger partial charge in [-0.25, -0.2) is 4.79 Å². The largest absolute Gasteiger partial charge is 0.497 e. The normalized spacial score (nSPS) is 12.5. The summed E-state index contributed by atoms with van der Waals surface area (Å²) in [7, 11) is 1.66. The Morgan fingerprint density at radius 1 is 1.09 bits per heavy atom. The van der Waals surface area contributed by atoms with Crippen LogP contribution in [0.3, 0.4) is 0 Å². The van der Waals surface area contributed by atoms with E-state index in [0.717, 1.165) is 28.9 Å². The van der Waals surface area contributed by atoms with Gasteiger partial charge in [-0.1, -0.05) is 18.2 Å². The zero-order valence-electron chi connectivity index (χ0n) is 12.6. The molecule has 0 spiro atoms. The van der Waals surface area contributed by atoms with Crippen LogP contribution in [0, 0.1) is 0 Å². The first-order chi connectivity index (χ1) is 10.7. The second kappa shape index (κ2) is 6.07. The SMILES string of the molecule is COc1ccc(CN[C@@H](C)c2ccc3[nH]c(=O)[nH]c3c2)cc1. The van der Waals surface area contributed by atoms with Crippen molar-refractivity contribution in [3.05, 3.63) is 64.1 Å². The van der Waals surface area contributed by atoms with Crippen molar-refractivity contribution < 1.29 is 4.74 Å². The summed E-state index contributed by atoms with van der Waals surface area (Å²) in [6.07, 6.45) is 0. The van der Waals surface area contributed by atoms with E-state index in [9.17, 15) is 4.79 Å². The summed E-state index contributed by atoms with van der Waals surface area (Å²) in [4.78, 5) is 16.8. The zero-order valence-corrected chi connectivity index (χ0v) is 12.6. The first kappa shape index (κ1) is 14.4. The third kappa shape index (κ3) is 3.04. The molecule has 1 aromatic heterocycles. The summed E-state index contributed by atoms with van der Waals surface area (Å²) in [6, 6.07) is 14.1. The highest BCUT2D eigenvalue weighted by molar-refractivity contribution is 5.75. The molecule has 5 nitrogen and oxygen atoms in total. The Labute approximate surface area is 128 Å². The smallest absolute Gasteiger partial charge is 0.323 e. The summed E-state index contributed by atoms with van der Waals surface area (Å²) >= 11 is 0. The molecular weight excluding hydrogens is 278 g/mol. The van der Waals surface area contributed by atoms with E-state index in [-0.39, 0.29) is 11.7 Å². The lowest BCUT2D eigenvalue weighted by Gasteiger charge is -2.14. The Morgan fingerprint density at radius 3 is 2.55 bits per heavy atom. The van der Waals surface area contributed by atoms with Gasteiger partial charge in [0.25, 0.3) is 0 Å². The van der Waals surface area contributed by atoms with E-state index in [4.69, 9.17) is 4.74 Å². The molecule has 0 aliphatic rings. The molecule has 0 bridgehead atoms. The molecule has 3 N–H and O–H groups in total. The number of benzene rings is 2. The second-order valence-corrected chi connectivity index (χ2v) is 5.33. The van der Waals surface area contributed by atoms with E-state index >= 15 is 0 Å². The number of H-pyrrole nitrogens is 2. The molecule has 0 radical (unpaired) electrons. The van der Waals surface area contributed by atoms with Crippen LogP contribution >= 0.6 is 0 Å². The predicted octanol–water partition coefficient (Wildman–Crippen LogP) is 2.72. The molecular formula is C17H19N3O2. The number of imidazole rings is 1. The van der Waals surface area contributed by atoms with Gasteiger partial charge in [-0.2, -0.15) is 0 Å². The molecule has 0 amide bonds. The number of aromatic amines is 2. The lowest BCUT2D eigenvalue weighted by molar-refractivity contribution is 0.414. The minimum atomic E-state index is -0.175. The van der Waals surface area contributed by atoms with E-state index in [1.165, 1.54) is 5.56 Å². The second-order valence-electron chi connectivity index (χ2n) is 5.33. The topological polar surface area (TPSA) is 69.9 Å². The van der Waals surface area contributed by atoms with Crippen LogP contribution in [-0.4, -0.2) is 17.1 Å². The van der Waals surface area contributed by atoms with Gasteiger partial charge in [-0.05, 0) is 42.3 Å². The van der Waals surface area contributed by atoms with Gasteiger partial charge >= 0.3 is 5.69 Å². The molecule has 2 aromatic carbocycles. The molecule has 0 saturated carbocycles. The third-order valence-electron chi connectivity index (χ3n) is 3.81. The summed E-state index contributed by atoms with van der Waals surface area (Å²) in [5.41, 5.74) is 3.82. The van der Waals surface area contributed by atoms with E-state index in [2.05, 4.69) is 22.2 Å². The zero-order chi connectivity index (χ0) is 15.5. The molecule has 0 fully saturated rings. The van der Waals surface area contributed by atoms with Gasteiger partial charge < -0.3 is 20.0 Å². The Morgan fingerprint density at radius 2 is 1.82 bits per heavy atom. The first-order valence-electron chi connectivity index (χ1n) is 7.24. The van der Waals surface area contributed by atoms with Gasteiger partial charge in [-0.15, -0.1) is 0 Å². The van der Waals surface area contributed by atoms with Gasteiger partial charge in [0, 0.05) is 12.6 Å². The van der Waals surface area contributed by atoms with E-state index in [1.54, 1.807) is 7.11 Å². The van der Waals surface area contributed by atoms with Crippen LogP contribution < -0.4 is 15.7 Å². The van der Waals surface area contributed by atoms with Crippen molar-refractivity contribution in [2.75, 3.05) is 7.11 Å². The van der Waals surface area contributed by atoms with Crippen molar-refractivity contribution in [1.29, 1.82) is 0 Å². The summed E-state index contributed by atoms with van der Waals surface area (Å²) in [5.74, 6) is 0.860. The fourth-order valence-electron chi connectivity index (χ4n) is 2.45. The van der Waals surface area contributed by atoms with Crippen molar-refractivity contribution in [2.24, 2.45) is 0 Å². The molecule has 22 heavy (non-hydrogen) atoms. The summed E-state index contributed by atoms with van der Waals surface area (Å²) in [5, 5.41) is 3.48. The highest BCUT2D eigenvalue weighted by Gasteiger charge is 2.07. The molecule has 3 rings (SSSR count). The standard InChI is InChI=1S/C17H19N3O2/c1-11(18-10-12-3-6-14(22-2)7-4-12)13-5-8-15-16(9-13)20-17(21)19-15/h3-9,11,18H,10H2,1-2H3,(H2,19,20,21)/t11-/m0/s1. The van der Waals surface area contributed by atoms with E-state index in [1.807, 2.05) is 42.5 Å². The number of hydrogen-bond acceptors (Lipinski definition) is 3. The molecule has 0 saturated heterocycles. The maximum Gasteiger partial charge on any atom is 0.323 e. The van der Waals surface area contributed by atoms with Gasteiger partial charge in [0.15, 0.2) is 0 Å². The highest BCUT2D eigenvalue weighted by atomic mass is 16.5. The lowest BCUT2D eigenvalue weighted by atomic mass is 10.1. The van der Waals surface area contributed by atoms with Gasteiger partial charge in [0.2, 0.25) is 0 Å². The van der Waals surface area contributed by atoms with Crippen LogP contribution in [0.25, 0.3) is 11.0 Å². The minimum Gasteiger partial charge on any atom is -0.497 e. The van der Waals surface area contributed by atoms with Crippen molar-refractivity contribution >= 4 is 11.0 Å². The average Bonchev–Trinajstić information content (AvgIpc) is 2.92. The number of methoxy groups -OCH3 is 1. The van der Waals surface area contributed by atoms with Gasteiger partial charge in [-0.3, -0.25) is 0 Å². The molecule has 0 aliphatic heterocycles. The van der Waals surface area contributed by atoms with Gasteiger partial charge in [0.1, 0.15) is 5.75 Å². The fraction of sp³-hybridized carbons (Fsp3) is 0.235. The van der Waals surface area contributed by atoms with Crippen LogP contribution in [0.2, 0.25) is 0 Å². The molecule has 0 aliphatic carbocycles. The van der Waals surface area contributed by atoms with Crippen LogP contribution in [0.1, 0.15) is 24.1 Å². The lowest BCUT2D eigenvalue weighted by Crippen LogP contribution is -2.18. The number of aromatic nitrogens is 2. The molecule has 114 valence electrons. The molecule has 1 atom stereocenters. The quantitative estimate of drug-likeness (QED) is 0.678. The maximum atomic E-state index is 11.3. The summed E-state index contributed by atoms with van der Waals surface area (Å²) in [6.45, 7) is 2.88. The number of fused-ring (bicyclic) bond motifs is 1. The molecule has 0 unspecified atom stereocenters. The monoisotopic (exact) mass is 297 g/mol. The first-order valence-corrected chi connectivity index (χ1v) is 7.24. The number of ether oxygens (including phenoxy) is 1. The number of hydrogen-bond donors (Lipinski definition) is 3.